The number of unbranched alkanes of at least 4 members (excludes halogenated alkanes) is 1. The highest BCUT2D eigenvalue weighted by molar-refractivity contribution is 7.16. The zero-order chi connectivity index (χ0) is 13.8. The molecule has 2 rings (SSSR count). The molecule has 1 aromatic heterocycles. The highest BCUT2D eigenvalue weighted by Gasteiger charge is 2.24. The largest absolute Gasteiger partial charge is 0.310 e. The summed E-state index contributed by atoms with van der Waals surface area (Å²) in [4.78, 5) is 3.90. The van der Waals surface area contributed by atoms with E-state index in [4.69, 9.17) is 11.6 Å². The lowest BCUT2D eigenvalue weighted by Gasteiger charge is -2.21. The van der Waals surface area contributed by atoms with Gasteiger partial charge in [-0.2, -0.15) is 0 Å². The summed E-state index contributed by atoms with van der Waals surface area (Å²) in [6, 6.07) is 3.35. The molecule has 0 bridgehead atoms. The minimum absolute atomic E-state index is 0.543. The number of rotatable bonds is 7. The van der Waals surface area contributed by atoms with Gasteiger partial charge in [-0.15, -0.1) is 11.3 Å². The number of hydrogen-bond acceptors (Lipinski definition) is 3. The summed E-state index contributed by atoms with van der Waals surface area (Å²) in [5.74, 6) is 0. The standard InChI is InChI=1S/C15H25ClN2S/c1-11(2)18(3)9-5-4-8-17-13-6-7-14-12(13)10-15(16)19-14/h10-11,13,17H,4-9H2,1-3H3. The molecule has 4 heteroatoms. The van der Waals surface area contributed by atoms with Crippen molar-refractivity contribution in [3.63, 3.8) is 0 Å². The highest BCUT2D eigenvalue weighted by Crippen LogP contribution is 2.39. The maximum absolute atomic E-state index is 6.08. The third-order valence-corrected chi connectivity index (χ3v) is 5.40. The number of fused-ring (bicyclic) bond motifs is 1. The SMILES string of the molecule is CC(C)N(C)CCCCNC1CCc2sc(Cl)cc21. The molecule has 0 saturated heterocycles. The molecular formula is C15H25ClN2S. The Labute approximate surface area is 126 Å². The molecule has 1 aliphatic carbocycles. The van der Waals surface area contributed by atoms with Gasteiger partial charge in [0.25, 0.3) is 0 Å². The first-order chi connectivity index (χ1) is 9.08. The second-order valence-corrected chi connectivity index (χ2v) is 7.52. The van der Waals surface area contributed by atoms with Gasteiger partial charge in [0.1, 0.15) is 0 Å². The van der Waals surface area contributed by atoms with E-state index >= 15 is 0 Å². The topological polar surface area (TPSA) is 15.3 Å². The van der Waals surface area contributed by atoms with Crippen LogP contribution in [-0.2, 0) is 6.42 Å². The second-order valence-electron chi connectivity index (χ2n) is 5.76. The van der Waals surface area contributed by atoms with Gasteiger partial charge < -0.3 is 10.2 Å². The Balaban J connectivity index is 1.65. The van der Waals surface area contributed by atoms with Crippen molar-refractivity contribution in [3.05, 3.63) is 20.8 Å². The first kappa shape index (κ1) is 15.3. The average Bonchev–Trinajstić information content (AvgIpc) is 2.88. The molecule has 108 valence electrons. The molecule has 1 aliphatic rings. The van der Waals surface area contributed by atoms with Gasteiger partial charge in [0.15, 0.2) is 0 Å². The summed E-state index contributed by atoms with van der Waals surface area (Å²) in [5.41, 5.74) is 1.45. The van der Waals surface area contributed by atoms with Crippen LogP contribution in [0.4, 0.5) is 0 Å². The fraction of sp³-hybridized carbons (Fsp3) is 0.733. The van der Waals surface area contributed by atoms with Crippen molar-refractivity contribution in [1.29, 1.82) is 0 Å². The molecule has 1 heterocycles. The Morgan fingerprint density at radius 2 is 2.26 bits per heavy atom. The van der Waals surface area contributed by atoms with Gasteiger partial charge in [-0.25, -0.2) is 0 Å². The monoisotopic (exact) mass is 300 g/mol. The third-order valence-electron chi connectivity index (χ3n) is 4.06. The van der Waals surface area contributed by atoms with Crippen LogP contribution in [0.25, 0.3) is 0 Å². The summed E-state index contributed by atoms with van der Waals surface area (Å²) >= 11 is 7.83. The highest BCUT2D eigenvalue weighted by atomic mass is 35.5. The van der Waals surface area contributed by atoms with Crippen LogP contribution in [0.5, 0.6) is 0 Å². The summed E-state index contributed by atoms with van der Waals surface area (Å²) in [7, 11) is 2.20. The van der Waals surface area contributed by atoms with E-state index in [1.807, 2.05) is 0 Å². The molecule has 1 aromatic rings. The molecule has 0 fully saturated rings. The Morgan fingerprint density at radius 3 is 3.00 bits per heavy atom. The van der Waals surface area contributed by atoms with E-state index in [0.29, 0.717) is 12.1 Å². The smallest absolute Gasteiger partial charge is 0.0934 e. The van der Waals surface area contributed by atoms with E-state index in [0.717, 1.165) is 10.9 Å². The van der Waals surface area contributed by atoms with Crippen molar-refractivity contribution in [3.8, 4) is 0 Å². The van der Waals surface area contributed by atoms with Crippen LogP contribution in [0.3, 0.4) is 0 Å². The van der Waals surface area contributed by atoms with E-state index < -0.39 is 0 Å². The first-order valence-electron chi connectivity index (χ1n) is 7.29. The summed E-state index contributed by atoms with van der Waals surface area (Å²) in [5, 5.41) is 3.68. The zero-order valence-corrected chi connectivity index (χ0v) is 13.8. The Morgan fingerprint density at radius 1 is 1.47 bits per heavy atom. The molecule has 1 unspecified atom stereocenters. The van der Waals surface area contributed by atoms with Crippen molar-refractivity contribution in [1.82, 2.24) is 10.2 Å². The molecule has 0 spiro atoms. The quantitative estimate of drug-likeness (QED) is 0.763. The molecule has 0 amide bonds. The fourth-order valence-electron chi connectivity index (χ4n) is 2.56. The van der Waals surface area contributed by atoms with Crippen molar-refractivity contribution >= 4 is 22.9 Å². The van der Waals surface area contributed by atoms with Crippen LogP contribution in [0.15, 0.2) is 6.07 Å². The summed E-state index contributed by atoms with van der Waals surface area (Å²) in [6.45, 7) is 6.81. The predicted octanol–water partition coefficient (Wildman–Crippen LogP) is 4.10. The van der Waals surface area contributed by atoms with E-state index in [2.05, 4.69) is 37.2 Å². The maximum atomic E-state index is 6.08. The molecule has 1 atom stereocenters. The molecule has 0 aromatic carbocycles. The number of aryl methyl sites for hydroxylation is 1. The molecular weight excluding hydrogens is 276 g/mol. The maximum Gasteiger partial charge on any atom is 0.0934 e. The van der Waals surface area contributed by atoms with Crippen molar-refractivity contribution in [2.75, 3.05) is 20.1 Å². The fourth-order valence-corrected chi connectivity index (χ4v) is 3.92. The molecule has 1 N–H and O–H groups in total. The van der Waals surface area contributed by atoms with Gasteiger partial charge in [-0.3, -0.25) is 0 Å². The molecule has 19 heavy (non-hydrogen) atoms. The van der Waals surface area contributed by atoms with Crippen molar-refractivity contribution in [2.24, 2.45) is 0 Å². The van der Waals surface area contributed by atoms with Crippen LogP contribution in [-0.4, -0.2) is 31.1 Å². The Bertz CT molecular complexity index is 403. The third kappa shape index (κ3) is 4.19. The van der Waals surface area contributed by atoms with Gasteiger partial charge in [0, 0.05) is 17.0 Å². The summed E-state index contributed by atoms with van der Waals surface area (Å²) < 4.78 is 0.940. The van der Waals surface area contributed by atoms with Gasteiger partial charge in [-0.05, 0) is 71.3 Å². The van der Waals surface area contributed by atoms with Gasteiger partial charge in [0.2, 0.25) is 0 Å². The number of nitrogens with one attached hydrogen (secondary N) is 1. The molecule has 0 saturated carbocycles. The lowest BCUT2D eigenvalue weighted by molar-refractivity contribution is 0.267. The minimum atomic E-state index is 0.543. The number of hydrogen-bond donors (Lipinski definition) is 1. The van der Waals surface area contributed by atoms with Crippen molar-refractivity contribution in [2.45, 2.75) is 51.6 Å². The number of halogens is 1. The first-order valence-corrected chi connectivity index (χ1v) is 8.49. The van der Waals surface area contributed by atoms with E-state index in [-0.39, 0.29) is 0 Å². The lowest BCUT2D eigenvalue weighted by Crippen LogP contribution is -2.28. The van der Waals surface area contributed by atoms with Crippen molar-refractivity contribution < 1.29 is 0 Å². The summed E-state index contributed by atoms with van der Waals surface area (Å²) in [6.07, 6.45) is 4.96. The van der Waals surface area contributed by atoms with Gasteiger partial charge in [0.05, 0.1) is 4.34 Å². The molecule has 0 radical (unpaired) electrons. The average molecular weight is 301 g/mol. The Hall–Kier alpha value is -0.0900. The lowest BCUT2D eigenvalue weighted by atomic mass is 10.1. The van der Waals surface area contributed by atoms with Crippen LogP contribution in [0.1, 0.15) is 49.6 Å². The van der Waals surface area contributed by atoms with Crippen LogP contribution in [0.2, 0.25) is 4.34 Å². The van der Waals surface area contributed by atoms with E-state index in [9.17, 15) is 0 Å². The number of thiophene rings is 1. The predicted molar refractivity (Wildman–Crippen MR) is 85.4 cm³/mol. The number of nitrogens with zero attached hydrogens (tertiary/aromatic N) is 1. The Kier molecular flexibility index (Phi) is 5.70. The van der Waals surface area contributed by atoms with Crippen LogP contribution in [0, 0.1) is 0 Å². The van der Waals surface area contributed by atoms with Gasteiger partial charge >= 0.3 is 0 Å². The second kappa shape index (κ2) is 7.07. The molecule has 2 nitrogen and oxygen atoms in total. The minimum Gasteiger partial charge on any atom is -0.310 e. The van der Waals surface area contributed by atoms with E-state index in [1.165, 1.54) is 42.7 Å². The molecule has 0 aliphatic heterocycles. The van der Waals surface area contributed by atoms with Crippen LogP contribution >= 0.6 is 22.9 Å². The van der Waals surface area contributed by atoms with Crippen LogP contribution < -0.4 is 5.32 Å². The van der Waals surface area contributed by atoms with Gasteiger partial charge in [-0.1, -0.05) is 11.6 Å². The normalized spacial score (nSPS) is 18.5. The zero-order valence-electron chi connectivity index (χ0n) is 12.2. The van der Waals surface area contributed by atoms with E-state index in [1.54, 1.807) is 11.3 Å².